The maximum Gasteiger partial charge on any atom is 0.317 e. The Hall–Kier alpha value is -2.89. The van der Waals surface area contributed by atoms with Crippen molar-refractivity contribution in [2.75, 3.05) is 13.1 Å². The Morgan fingerprint density at radius 1 is 1.10 bits per heavy atom. The fraction of sp³-hybridized carbons (Fsp3) is 0.440. The Morgan fingerprint density at radius 3 is 2.48 bits per heavy atom. The van der Waals surface area contributed by atoms with Crippen LogP contribution in [0.2, 0.25) is 0 Å². The molecule has 2 aromatic rings. The molecule has 3 amide bonds. The van der Waals surface area contributed by atoms with Gasteiger partial charge in [-0.3, -0.25) is 4.79 Å². The average Bonchev–Trinajstić information content (AvgIpc) is 2.80. The van der Waals surface area contributed by atoms with Crippen LogP contribution in [0.25, 0.3) is 0 Å². The number of piperidine rings is 1. The lowest BCUT2D eigenvalue weighted by Crippen LogP contribution is -2.50. The Bertz CT molecular complexity index is 857. The van der Waals surface area contributed by atoms with Gasteiger partial charge >= 0.3 is 6.03 Å². The molecule has 166 valence electrons. The summed E-state index contributed by atoms with van der Waals surface area (Å²) in [4.78, 5) is 27.7. The second-order valence-corrected chi connectivity index (χ2v) is 8.22. The van der Waals surface area contributed by atoms with Crippen LogP contribution >= 0.6 is 0 Å². The normalized spacial score (nSPS) is 19.5. The first-order valence-electron chi connectivity index (χ1n) is 11.1. The number of benzene rings is 2. The van der Waals surface area contributed by atoms with Gasteiger partial charge < -0.3 is 15.5 Å². The van der Waals surface area contributed by atoms with Gasteiger partial charge in [-0.1, -0.05) is 55.8 Å². The Kier molecular flexibility index (Phi) is 8.04. The van der Waals surface area contributed by atoms with Crippen molar-refractivity contribution in [1.82, 2.24) is 15.5 Å². The van der Waals surface area contributed by atoms with Gasteiger partial charge in [0.1, 0.15) is 5.82 Å². The summed E-state index contributed by atoms with van der Waals surface area (Å²) in [6.45, 7) is 4.98. The molecule has 3 rings (SSSR count). The highest BCUT2D eigenvalue weighted by molar-refractivity contribution is 5.81. The minimum Gasteiger partial charge on any atom is -0.349 e. The number of halogens is 1. The third kappa shape index (κ3) is 6.06. The van der Waals surface area contributed by atoms with Gasteiger partial charge in [-0.25, -0.2) is 9.18 Å². The number of hydrogen-bond donors (Lipinski definition) is 2. The molecule has 0 bridgehead atoms. The zero-order valence-electron chi connectivity index (χ0n) is 18.3. The molecule has 5 nitrogen and oxygen atoms in total. The first-order valence-corrected chi connectivity index (χ1v) is 11.1. The van der Waals surface area contributed by atoms with Crippen LogP contribution in [0.5, 0.6) is 0 Å². The summed E-state index contributed by atoms with van der Waals surface area (Å²) < 4.78 is 13.4. The largest absolute Gasteiger partial charge is 0.349 e. The van der Waals surface area contributed by atoms with E-state index in [9.17, 15) is 14.0 Å². The molecule has 3 unspecified atom stereocenters. The van der Waals surface area contributed by atoms with Crippen LogP contribution < -0.4 is 10.6 Å². The van der Waals surface area contributed by atoms with E-state index in [0.29, 0.717) is 25.9 Å². The lowest BCUT2D eigenvalue weighted by Gasteiger charge is -2.39. The average molecular weight is 426 g/mol. The van der Waals surface area contributed by atoms with Crippen molar-refractivity contribution in [1.29, 1.82) is 0 Å². The van der Waals surface area contributed by atoms with Crippen LogP contribution in [-0.2, 0) is 4.79 Å². The van der Waals surface area contributed by atoms with E-state index >= 15 is 0 Å². The van der Waals surface area contributed by atoms with Crippen molar-refractivity contribution < 1.29 is 14.0 Å². The molecule has 0 aliphatic carbocycles. The Labute approximate surface area is 184 Å². The summed E-state index contributed by atoms with van der Waals surface area (Å²) in [5, 5.41) is 6.06. The molecule has 1 saturated heterocycles. The monoisotopic (exact) mass is 425 g/mol. The molecule has 31 heavy (non-hydrogen) atoms. The molecular weight excluding hydrogens is 393 g/mol. The molecule has 0 saturated carbocycles. The molecule has 3 atom stereocenters. The number of carbonyl (C=O) groups excluding carboxylic acids is 2. The fourth-order valence-corrected chi connectivity index (χ4v) is 4.07. The van der Waals surface area contributed by atoms with Crippen molar-refractivity contribution in [3.05, 3.63) is 71.5 Å². The maximum absolute atomic E-state index is 13.4. The number of urea groups is 1. The van der Waals surface area contributed by atoms with Crippen molar-refractivity contribution in [3.63, 3.8) is 0 Å². The van der Waals surface area contributed by atoms with Crippen LogP contribution in [0.15, 0.2) is 54.6 Å². The molecule has 0 radical (unpaired) electrons. The molecule has 0 aromatic heterocycles. The summed E-state index contributed by atoms with van der Waals surface area (Å²) in [5.74, 6) is -0.620. The van der Waals surface area contributed by atoms with E-state index in [0.717, 1.165) is 24.0 Å². The number of likely N-dealkylation sites (tertiary alicyclic amines) is 1. The third-order valence-corrected chi connectivity index (χ3v) is 5.93. The number of nitrogens with one attached hydrogen (secondary N) is 2. The van der Waals surface area contributed by atoms with E-state index in [1.807, 2.05) is 37.3 Å². The molecule has 6 heteroatoms. The number of unbranched alkanes of at least 4 members (excludes halogenated alkanes) is 1. The van der Waals surface area contributed by atoms with Crippen molar-refractivity contribution in [2.45, 2.75) is 51.6 Å². The van der Waals surface area contributed by atoms with E-state index in [1.54, 1.807) is 17.0 Å². The van der Waals surface area contributed by atoms with Gasteiger partial charge in [0, 0.05) is 13.1 Å². The second-order valence-electron chi connectivity index (χ2n) is 8.22. The molecular formula is C25H32FN3O2. The molecule has 2 N–H and O–H groups in total. The highest BCUT2D eigenvalue weighted by Gasteiger charge is 2.35. The van der Waals surface area contributed by atoms with Crippen molar-refractivity contribution in [3.8, 4) is 0 Å². The van der Waals surface area contributed by atoms with Crippen LogP contribution in [0, 0.1) is 11.7 Å². The van der Waals surface area contributed by atoms with E-state index in [4.69, 9.17) is 0 Å². The summed E-state index contributed by atoms with van der Waals surface area (Å²) in [6, 6.07) is 15.7. The SMILES string of the molecule is CCCCNC(=O)N1CC(C(=O)NC(C)c2ccccc2)CCC1c1ccc(F)cc1. The summed E-state index contributed by atoms with van der Waals surface area (Å²) >= 11 is 0. The lowest BCUT2D eigenvalue weighted by atomic mass is 9.88. The van der Waals surface area contributed by atoms with Crippen molar-refractivity contribution in [2.24, 2.45) is 5.92 Å². The summed E-state index contributed by atoms with van der Waals surface area (Å²) in [6.07, 6.45) is 3.22. The zero-order valence-corrected chi connectivity index (χ0v) is 18.3. The molecule has 1 fully saturated rings. The Morgan fingerprint density at radius 2 is 1.81 bits per heavy atom. The number of hydrogen-bond acceptors (Lipinski definition) is 2. The van der Waals surface area contributed by atoms with Crippen molar-refractivity contribution >= 4 is 11.9 Å². The van der Waals surface area contributed by atoms with Crippen LogP contribution in [-0.4, -0.2) is 29.9 Å². The van der Waals surface area contributed by atoms with Gasteiger partial charge in [-0.05, 0) is 49.4 Å². The van der Waals surface area contributed by atoms with Crippen LogP contribution in [0.3, 0.4) is 0 Å². The smallest absolute Gasteiger partial charge is 0.317 e. The molecule has 1 aliphatic heterocycles. The first kappa shape index (κ1) is 22.8. The van der Waals surface area contributed by atoms with Gasteiger partial charge in [0.25, 0.3) is 0 Å². The lowest BCUT2D eigenvalue weighted by molar-refractivity contribution is -0.127. The van der Waals surface area contributed by atoms with E-state index in [1.165, 1.54) is 12.1 Å². The van der Waals surface area contributed by atoms with Gasteiger partial charge in [0.05, 0.1) is 18.0 Å². The van der Waals surface area contributed by atoms with E-state index < -0.39 is 0 Å². The Balaban J connectivity index is 1.71. The van der Waals surface area contributed by atoms with E-state index in [-0.39, 0.29) is 35.8 Å². The predicted octanol–water partition coefficient (Wildman–Crippen LogP) is 4.97. The third-order valence-electron chi connectivity index (χ3n) is 5.93. The summed E-state index contributed by atoms with van der Waals surface area (Å²) in [7, 11) is 0. The van der Waals surface area contributed by atoms with Gasteiger partial charge in [0.15, 0.2) is 0 Å². The van der Waals surface area contributed by atoms with Crippen LogP contribution in [0.4, 0.5) is 9.18 Å². The fourth-order valence-electron chi connectivity index (χ4n) is 4.07. The first-order chi connectivity index (χ1) is 15.0. The highest BCUT2D eigenvalue weighted by atomic mass is 19.1. The van der Waals surface area contributed by atoms with Gasteiger partial charge in [-0.2, -0.15) is 0 Å². The minimum atomic E-state index is -0.300. The number of carbonyl (C=O) groups is 2. The summed E-state index contributed by atoms with van der Waals surface area (Å²) in [5.41, 5.74) is 1.94. The zero-order chi connectivity index (χ0) is 22.2. The molecule has 1 heterocycles. The maximum atomic E-state index is 13.4. The quantitative estimate of drug-likeness (QED) is 0.616. The molecule has 0 spiro atoms. The number of amides is 3. The molecule has 2 aromatic carbocycles. The second kappa shape index (κ2) is 10.9. The predicted molar refractivity (Wildman–Crippen MR) is 120 cm³/mol. The minimum absolute atomic E-state index is 0.0414. The van der Waals surface area contributed by atoms with Gasteiger partial charge in [0.2, 0.25) is 5.91 Å². The highest BCUT2D eigenvalue weighted by Crippen LogP contribution is 2.34. The number of nitrogens with zero attached hydrogens (tertiary/aromatic N) is 1. The molecule has 1 aliphatic rings. The standard InChI is InChI=1S/C25H32FN3O2/c1-3-4-16-27-25(31)29-17-21(12-15-23(29)20-10-13-22(26)14-11-20)24(30)28-18(2)19-8-6-5-7-9-19/h5-11,13-14,18,21,23H,3-4,12,15-17H2,1-2H3,(H,27,31)(H,28,30). The number of rotatable bonds is 7. The van der Waals surface area contributed by atoms with Crippen LogP contribution in [0.1, 0.15) is 62.7 Å². The topological polar surface area (TPSA) is 61.4 Å². The van der Waals surface area contributed by atoms with E-state index in [2.05, 4.69) is 17.6 Å². The van der Waals surface area contributed by atoms with Gasteiger partial charge in [-0.15, -0.1) is 0 Å².